The van der Waals surface area contributed by atoms with Gasteiger partial charge in [0.05, 0.1) is 12.7 Å². The fourth-order valence-electron chi connectivity index (χ4n) is 2.35. The van der Waals surface area contributed by atoms with Gasteiger partial charge in [0.15, 0.2) is 0 Å². The SMILES string of the molecule is CCC(=O)Nc1ccc(-c2nc(Cn3cc(C)cn3)c(C)o2)cc1. The van der Waals surface area contributed by atoms with Crippen molar-refractivity contribution in [3.05, 3.63) is 53.7 Å². The first kappa shape index (κ1) is 16.0. The summed E-state index contributed by atoms with van der Waals surface area (Å²) in [5, 5.41) is 7.10. The molecule has 3 aromatic rings. The number of carbonyl (C=O) groups excluding carboxylic acids is 1. The average Bonchev–Trinajstić information content (AvgIpc) is 3.14. The predicted octanol–water partition coefficient (Wildman–Crippen LogP) is 3.55. The molecular weight excluding hydrogens is 304 g/mol. The van der Waals surface area contributed by atoms with Crippen molar-refractivity contribution in [3.8, 4) is 11.5 Å². The van der Waals surface area contributed by atoms with Crippen LogP contribution in [-0.2, 0) is 11.3 Å². The van der Waals surface area contributed by atoms with Crippen LogP contribution in [0, 0.1) is 13.8 Å². The van der Waals surface area contributed by atoms with Gasteiger partial charge in [-0.05, 0) is 43.7 Å². The van der Waals surface area contributed by atoms with Gasteiger partial charge in [0.25, 0.3) is 0 Å². The lowest BCUT2D eigenvalue weighted by molar-refractivity contribution is -0.115. The van der Waals surface area contributed by atoms with Gasteiger partial charge in [-0.2, -0.15) is 5.10 Å². The topological polar surface area (TPSA) is 73.0 Å². The van der Waals surface area contributed by atoms with Gasteiger partial charge in [-0.3, -0.25) is 9.48 Å². The molecule has 1 amide bonds. The Morgan fingerprint density at radius 1 is 1.25 bits per heavy atom. The maximum absolute atomic E-state index is 11.4. The number of anilines is 1. The summed E-state index contributed by atoms with van der Waals surface area (Å²) >= 11 is 0. The molecule has 2 heterocycles. The summed E-state index contributed by atoms with van der Waals surface area (Å²) in [7, 11) is 0. The molecule has 3 rings (SSSR count). The first-order chi connectivity index (χ1) is 11.5. The molecule has 0 saturated heterocycles. The minimum atomic E-state index is -0.00785. The van der Waals surface area contributed by atoms with Crippen LogP contribution in [0.1, 0.15) is 30.4 Å². The zero-order chi connectivity index (χ0) is 17.1. The zero-order valence-corrected chi connectivity index (χ0v) is 14.0. The Morgan fingerprint density at radius 3 is 2.62 bits per heavy atom. The fourth-order valence-corrected chi connectivity index (χ4v) is 2.35. The number of nitrogens with zero attached hydrogens (tertiary/aromatic N) is 3. The van der Waals surface area contributed by atoms with Crippen molar-refractivity contribution in [2.75, 3.05) is 5.32 Å². The van der Waals surface area contributed by atoms with Crippen LogP contribution < -0.4 is 5.32 Å². The van der Waals surface area contributed by atoms with Crippen molar-refractivity contribution >= 4 is 11.6 Å². The molecular formula is C18H20N4O2. The van der Waals surface area contributed by atoms with Crippen molar-refractivity contribution in [2.24, 2.45) is 0 Å². The van der Waals surface area contributed by atoms with E-state index in [4.69, 9.17) is 4.42 Å². The molecule has 124 valence electrons. The van der Waals surface area contributed by atoms with Crippen LogP contribution in [0.25, 0.3) is 11.5 Å². The molecule has 0 aliphatic rings. The Labute approximate surface area is 140 Å². The van der Waals surface area contributed by atoms with E-state index in [1.807, 2.05) is 62.1 Å². The van der Waals surface area contributed by atoms with Crippen molar-refractivity contribution in [3.63, 3.8) is 0 Å². The molecule has 1 N–H and O–H groups in total. The van der Waals surface area contributed by atoms with Crippen LogP contribution >= 0.6 is 0 Å². The Hall–Kier alpha value is -2.89. The van der Waals surface area contributed by atoms with Crippen LogP contribution in [0.3, 0.4) is 0 Å². The fraction of sp³-hybridized carbons (Fsp3) is 0.278. The van der Waals surface area contributed by atoms with Crippen LogP contribution in [0.2, 0.25) is 0 Å². The number of amides is 1. The lowest BCUT2D eigenvalue weighted by atomic mass is 10.2. The van der Waals surface area contributed by atoms with Crippen molar-refractivity contribution in [1.29, 1.82) is 0 Å². The molecule has 2 aromatic heterocycles. The van der Waals surface area contributed by atoms with Gasteiger partial charge in [0.2, 0.25) is 11.8 Å². The molecule has 6 nitrogen and oxygen atoms in total. The highest BCUT2D eigenvalue weighted by molar-refractivity contribution is 5.90. The summed E-state index contributed by atoms with van der Waals surface area (Å²) in [4.78, 5) is 16.0. The number of aromatic nitrogens is 3. The van der Waals surface area contributed by atoms with Crippen molar-refractivity contribution in [1.82, 2.24) is 14.8 Å². The van der Waals surface area contributed by atoms with Gasteiger partial charge in [-0.25, -0.2) is 4.98 Å². The third kappa shape index (κ3) is 3.53. The van der Waals surface area contributed by atoms with E-state index in [1.54, 1.807) is 0 Å². The molecule has 24 heavy (non-hydrogen) atoms. The molecule has 0 bridgehead atoms. The Kier molecular flexibility index (Phi) is 4.46. The number of aryl methyl sites for hydroxylation is 2. The van der Waals surface area contributed by atoms with E-state index in [2.05, 4.69) is 15.4 Å². The first-order valence-corrected chi connectivity index (χ1v) is 7.91. The second-order valence-electron chi connectivity index (χ2n) is 5.72. The van der Waals surface area contributed by atoms with Gasteiger partial charge >= 0.3 is 0 Å². The second-order valence-corrected chi connectivity index (χ2v) is 5.72. The quantitative estimate of drug-likeness (QED) is 0.779. The molecule has 1 aromatic carbocycles. The minimum absolute atomic E-state index is 0.00785. The smallest absolute Gasteiger partial charge is 0.226 e. The standard InChI is InChI=1S/C18H20N4O2/c1-4-17(23)20-15-7-5-14(6-8-15)18-21-16(13(3)24-18)11-22-10-12(2)9-19-22/h5-10H,4,11H2,1-3H3,(H,20,23). The molecule has 0 spiro atoms. The summed E-state index contributed by atoms with van der Waals surface area (Å²) < 4.78 is 7.62. The van der Waals surface area contributed by atoms with Gasteiger partial charge in [0, 0.05) is 23.9 Å². The van der Waals surface area contributed by atoms with Crippen LogP contribution in [0.15, 0.2) is 41.1 Å². The number of nitrogens with one attached hydrogen (secondary N) is 1. The van der Waals surface area contributed by atoms with E-state index in [0.29, 0.717) is 18.9 Å². The summed E-state index contributed by atoms with van der Waals surface area (Å²) in [6, 6.07) is 7.47. The molecule has 0 aliphatic heterocycles. The number of rotatable bonds is 5. The third-order valence-electron chi connectivity index (χ3n) is 3.70. The maximum Gasteiger partial charge on any atom is 0.226 e. The molecule has 0 saturated carbocycles. The molecule has 0 atom stereocenters. The van der Waals surface area contributed by atoms with Crippen LogP contribution in [0.4, 0.5) is 5.69 Å². The number of hydrogen-bond acceptors (Lipinski definition) is 4. The van der Waals surface area contributed by atoms with E-state index in [1.165, 1.54) is 0 Å². The van der Waals surface area contributed by atoms with E-state index < -0.39 is 0 Å². The summed E-state index contributed by atoms with van der Waals surface area (Å²) in [6.45, 7) is 6.30. The molecule has 0 aliphatic carbocycles. The van der Waals surface area contributed by atoms with Crippen LogP contribution in [-0.4, -0.2) is 20.7 Å². The molecule has 0 radical (unpaired) electrons. The maximum atomic E-state index is 11.4. The number of hydrogen-bond donors (Lipinski definition) is 1. The Morgan fingerprint density at radius 2 is 2.00 bits per heavy atom. The monoisotopic (exact) mass is 324 g/mol. The highest BCUT2D eigenvalue weighted by Crippen LogP contribution is 2.24. The van der Waals surface area contributed by atoms with E-state index in [0.717, 1.165) is 28.3 Å². The number of oxazole rings is 1. The van der Waals surface area contributed by atoms with Gasteiger partial charge in [-0.1, -0.05) is 6.92 Å². The highest BCUT2D eigenvalue weighted by atomic mass is 16.4. The Balaban J connectivity index is 1.77. The van der Waals surface area contributed by atoms with E-state index in [-0.39, 0.29) is 5.91 Å². The first-order valence-electron chi connectivity index (χ1n) is 7.91. The number of carbonyl (C=O) groups is 1. The van der Waals surface area contributed by atoms with Crippen molar-refractivity contribution in [2.45, 2.75) is 33.7 Å². The van der Waals surface area contributed by atoms with E-state index >= 15 is 0 Å². The lowest BCUT2D eigenvalue weighted by Crippen LogP contribution is -2.08. The highest BCUT2D eigenvalue weighted by Gasteiger charge is 2.12. The number of benzene rings is 1. The predicted molar refractivity (Wildman–Crippen MR) is 91.7 cm³/mol. The zero-order valence-electron chi connectivity index (χ0n) is 14.0. The van der Waals surface area contributed by atoms with Crippen molar-refractivity contribution < 1.29 is 9.21 Å². The summed E-state index contributed by atoms with van der Waals surface area (Å²) in [5.41, 5.74) is 3.61. The average molecular weight is 324 g/mol. The normalized spacial score (nSPS) is 10.8. The molecule has 0 unspecified atom stereocenters. The second kappa shape index (κ2) is 6.70. The Bertz CT molecular complexity index is 846. The minimum Gasteiger partial charge on any atom is -0.441 e. The molecule has 6 heteroatoms. The summed E-state index contributed by atoms with van der Waals surface area (Å²) in [5.74, 6) is 1.34. The largest absolute Gasteiger partial charge is 0.441 e. The van der Waals surface area contributed by atoms with E-state index in [9.17, 15) is 4.79 Å². The lowest BCUT2D eigenvalue weighted by Gasteiger charge is -2.03. The molecule has 0 fully saturated rings. The van der Waals surface area contributed by atoms with Gasteiger partial charge < -0.3 is 9.73 Å². The third-order valence-corrected chi connectivity index (χ3v) is 3.70. The van der Waals surface area contributed by atoms with Gasteiger partial charge in [0.1, 0.15) is 11.5 Å². The van der Waals surface area contributed by atoms with Gasteiger partial charge in [-0.15, -0.1) is 0 Å². The van der Waals surface area contributed by atoms with Crippen LogP contribution in [0.5, 0.6) is 0 Å². The summed E-state index contributed by atoms with van der Waals surface area (Å²) in [6.07, 6.45) is 4.25.